The lowest BCUT2D eigenvalue weighted by atomic mass is 10.3. The minimum absolute atomic E-state index is 0.0168. The highest BCUT2D eigenvalue weighted by atomic mass is 32.2. The number of amides is 2. The van der Waals surface area contributed by atoms with E-state index in [1.807, 2.05) is 0 Å². The van der Waals surface area contributed by atoms with E-state index in [4.69, 9.17) is 15.0 Å². The molecule has 0 spiro atoms. The van der Waals surface area contributed by atoms with Gasteiger partial charge >= 0.3 is 0 Å². The van der Waals surface area contributed by atoms with Crippen LogP contribution < -0.4 is 5.73 Å². The molecule has 11 nitrogen and oxygen atoms in total. The summed E-state index contributed by atoms with van der Waals surface area (Å²) in [7, 11) is -2.20. The molecule has 1 aromatic rings. The second-order valence-corrected chi connectivity index (χ2v) is 8.48. The fourth-order valence-electron chi connectivity index (χ4n) is 3.10. The summed E-state index contributed by atoms with van der Waals surface area (Å²) in [6.45, 7) is 4.73. The Balaban J connectivity index is 1.97. The maximum absolute atomic E-state index is 12.8. The maximum Gasteiger partial charge on any atom is 0.248 e. The maximum atomic E-state index is 12.8. The number of carbonyl (C=O) groups excluding carboxylic acids is 2. The van der Waals surface area contributed by atoms with E-state index in [1.165, 1.54) is 11.4 Å². The van der Waals surface area contributed by atoms with Gasteiger partial charge in [0.15, 0.2) is 5.76 Å². The Labute approximate surface area is 164 Å². The highest BCUT2D eigenvalue weighted by molar-refractivity contribution is 7.89. The SMILES string of the molecule is COCCN(CC(N)=O)CC(=O)N1CCN(S(=O)(=O)c2c(C)noc2C)CC1. The molecule has 2 heterocycles. The molecule has 0 atom stereocenters. The van der Waals surface area contributed by atoms with Crippen molar-refractivity contribution in [1.29, 1.82) is 0 Å². The number of hydrogen-bond acceptors (Lipinski definition) is 8. The van der Waals surface area contributed by atoms with Crippen LogP contribution in [0.5, 0.6) is 0 Å². The molecule has 0 radical (unpaired) electrons. The first kappa shape index (κ1) is 22.3. The van der Waals surface area contributed by atoms with Gasteiger partial charge < -0.3 is 19.9 Å². The van der Waals surface area contributed by atoms with Crippen LogP contribution in [0.25, 0.3) is 0 Å². The quantitative estimate of drug-likeness (QED) is 0.515. The minimum atomic E-state index is -3.73. The van der Waals surface area contributed by atoms with Gasteiger partial charge in [-0.15, -0.1) is 0 Å². The van der Waals surface area contributed by atoms with Crippen molar-refractivity contribution in [2.75, 3.05) is 59.5 Å². The van der Waals surface area contributed by atoms with Gasteiger partial charge in [0.25, 0.3) is 0 Å². The number of nitrogens with zero attached hydrogens (tertiary/aromatic N) is 4. The average molecular weight is 417 g/mol. The van der Waals surface area contributed by atoms with Gasteiger partial charge in [0.2, 0.25) is 21.8 Å². The first-order chi connectivity index (χ1) is 13.2. The first-order valence-electron chi connectivity index (χ1n) is 8.87. The zero-order valence-corrected chi connectivity index (χ0v) is 17.2. The molecular weight excluding hydrogens is 390 g/mol. The van der Waals surface area contributed by atoms with Gasteiger partial charge in [0.05, 0.1) is 19.7 Å². The van der Waals surface area contributed by atoms with Gasteiger partial charge in [-0.05, 0) is 13.8 Å². The van der Waals surface area contributed by atoms with E-state index in [1.54, 1.807) is 23.6 Å². The lowest BCUT2D eigenvalue weighted by molar-refractivity contribution is -0.134. The number of sulfonamides is 1. The first-order valence-corrected chi connectivity index (χ1v) is 10.3. The molecule has 1 aliphatic rings. The van der Waals surface area contributed by atoms with Gasteiger partial charge in [0, 0.05) is 39.8 Å². The van der Waals surface area contributed by atoms with Crippen LogP contribution in [0.4, 0.5) is 0 Å². The summed E-state index contributed by atoms with van der Waals surface area (Å²) in [6, 6.07) is 0. The van der Waals surface area contributed by atoms with E-state index in [-0.39, 0.29) is 55.8 Å². The normalized spacial score (nSPS) is 15.9. The zero-order chi connectivity index (χ0) is 20.9. The lowest BCUT2D eigenvalue weighted by Gasteiger charge is -2.35. The molecule has 2 rings (SSSR count). The van der Waals surface area contributed by atoms with Gasteiger partial charge in [-0.1, -0.05) is 5.16 Å². The molecule has 158 valence electrons. The Morgan fingerprint density at radius 2 is 1.86 bits per heavy atom. The van der Waals surface area contributed by atoms with Crippen molar-refractivity contribution in [3.63, 3.8) is 0 Å². The Morgan fingerprint density at radius 3 is 2.36 bits per heavy atom. The molecule has 1 aliphatic heterocycles. The second-order valence-electron chi connectivity index (χ2n) is 6.61. The largest absolute Gasteiger partial charge is 0.383 e. The van der Waals surface area contributed by atoms with Gasteiger partial charge in [-0.3, -0.25) is 14.5 Å². The van der Waals surface area contributed by atoms with Crippen molar-refractivity contribution < 1.29 is 27.3 Å². The van der Waals surface area contributed by atoms with E-state index in [0.29, 0.717) is 18.8 Å². The molecule has 28 heavy (non-hydrogen) atoms. The van der Waals surface area contributed by atoms with Crippen molar-refractivity contribution >= 4 is 21.8 Å². The molecule has 0 aromatic carbocycles. The van der Waals surface area contributed by atoms with Gasteiger partial charge in [-0.25, -0.2) is 8.42 Å². The molecule has 0 saturated carbocycles. The standard InChI is InChI=1S/C16H27N5O6S/c1-12-16(13(2)27-18-12)28(24,25)21-6-4-20(5-7-21)15(23)11-19(8-9-26-3)10-14(17)22/h4-11H2,1-3H3,(H2,17,22). The summed E-state index contributed by atoms with van der Waals surface area (Å²) in [5.74, 6) is -0.470. The number of nitrogens with two attached hydrogens (primary N) is 1. The van der Waals surface area contributed by atoms with E-state index >= 15 is 0 Å². The summed E-state index contributed by atoms with van der Waals surface area (Å²) in [5.41, 5.74) is 5.54. The molecule has 0 bridgehead atoms. The number of carbonyl (C=O) groups is 2. The predicted molar refractivity (Wildman–Crippen MR) is 98.8 cm³/mol. The Kier molecular flexibility index (Phi) is 7.52. The number of aryl methyl sites for hydroxylation is 2. The van der Waals surface area contributed by atoms with Crippen molar-refractivity contribution in [3.05, 3.63) is 11.5 Å². The lowest BCUT2D eigenvalue weighted by Crippen LogP contribution is -2.53. The topological polar surface area (TPSA) is 139 Å². The molecule has 0 aliphatic carbocycles. The van der Waals surface area contributed by atoms with Crippen molar-refractivity contribution in [2.24, 2.45) is 5.73 Å². The van der Waals surface area contributed by atoms with Crippen LogP contribution in [0, 0.1) is 13.8 Å². The van der Waals surface area contributed by atoms with Gasteiger partial charge in [-0.2, -0.15) is 4.31 Å². The van der Waals surface area contributed by atoms with Crippen molar-refractivity contribution in [1.82, 2.24) is 19.3 Å². The van der Waals surface area contributed by atoms with E-state index in [9.17, 15) is 18.0 Å². The predicted octanol–water partition coefficient (Wildman–Crippen LogP) is -1.44. The third-order valence-electron chi connectivity index (χ3n) is 4.51. The Bertz CT molecular complexity index is 781. The monoisotopic (exact) mass is 417 g/mol. The molecule has 0 unspecified atom stereocenters. The summed E-state index contributed by atoms with van der Waals surface area (Å²) in [4.78, 5) is 27.0. The van der Waals surface area contributed by atoms with E-state index in [2.05, 4.69) is 5.16 Å². The summed E-state index contributed by atoms with van der Waals surface area (Å²) >= 11 is 0. The van der Waals surface area contributed by atoms with E-state index < -0.39 is 15.9 Å². The fraction of sp³-hybridized carbons (Fsp3) is 0.688. The molecule has 2 amide bonds. The number of piperazine rings is 1. The van der Waals surface area contributed by atoms with Crippen LogP contribution in [-0.4, -0.2) is 99.0 Å². The zero-order valence-electron chi connectivity index (χ0n) is 16.4. The molecular formula is C16H27N5O6S. The number of ether oxygens (including phenoxy) is 1. The number of methoxy groups -OCH3 is 1. The van der Waals surface area contributed by atoms with Gasteiger partial charge in [0.1, 0.15) is 10.6 Å². The molecule has 2 N–H and O–H groups in total. The van der Waals surface area contributed by atoms with Crippen LogP contribution in [0.15, 0.2) is 9.42 Å². The number of primary amides is 1. The summed E-state index contributed by atoms with van der Waals surface area (Å²) in [5, 5.41) is 3.70. The smallest absolute Gasteiger partial charge is 0.248 e. The third kappa shape index (κ3) is 5.28. The van der Waals surface area contributed by atoms with Crippen LogP contribution in [0.3, 0.4) is 0 Å². The van der Waals surface area contributed by atoms with Crippen LogP contribution in [0.1, 0.15) is 11.5 Å². The second kappa shape index (κ2) is 9.45. The Hall–Kier alpha value is -2.02. The van der Waals surface area contributed by atoms with Crippen LogP contribution in [-0.2, 0) is 24.3 Å². The van der Waals surface area contributed by atoms with Crippen LogP contribution >= 0.6 is 0 Å². The molecule has 12 heteroatoms. The highest BCUT2D eigenvalue weighted by Gasteiger charge is 2.34. The van der Waals surface area contributed by atoms with Crippen LogP contribution in [0.2, 0.25) is 0 Å². The van der Waals surface area contributed by atoms with E-state index in [0.717, 1.165) is 0 Å². The Morgan fingerprint density at radius 1 is 1.21 bits per heavy atom. The molecule has 1 saturated heterocycles. The number of aromatic nitrogens is 1. The molecule has 1 fully saturated rings. The fourth-order valence-corrected chi connectivity index (χ4v) is 4.81. The minimum Gasteiger partial charge on any atom is -0.383 e. The average Bonchev–Trinajstić information content (AvgIpc) is 2.98. The van der Waals surface area contributed by atoms with Crippen molar-refractivity contribution in [2.45, 2.75) is 18.7 Å². The summed E-state index contributed by atoms with van der Waals surface area (Å²) < 4.78 is 36.9. The number of hydrogen-bond donors (Lipinski definition) is 1. The highest BCUT2D eigenvalue weighted by Crippen LogP contribution is 2.24. The number of rotatable bonds is 9. The van der Waals surface area contributed by atoms with Crippen molar-refractivity contribution in [3.8, 4) is 0 Å². The summed E-state index contributed by atoms with van der Waals surface area (Å²) in [6.07, 6.45) is 0. The third-order valence-corrected chi connectivity index (χ3v) is 6.65. The molecule has 1 aromatic heterocycles.